The third-order valence-corrected chi connectivity index (χ3v) is 10.3. The Labute approximate surface area is 332 Å². The second kappa shape index (κ2) is 15.9. The van der Waals surface area contributed by atoms with Crippen LogP contribution in [-0.4, -0.2) is 80.2 Å². The van der Waals surface area contributed by atoms with Gasteiger partial charge < -0.3 is 14.2 Å². The van der Waals surface area contributed by atoms with E-state index in [0.717, 1.165) is 4.90 Å². The van der Waals surface area contributed by atoms with Crippen molar-refractivity contribution in [3.63, 3.8) is 0 Å². The van der Waals surface area contributed by atoms with E-state index in [9.17, 15) is 22.8 Å². The van der Waals surface area contributed by atoms with Gasteiger partial charge in [-0.2, -0.15) is 5.10 Å². The first-order valence-electron chi connectivity index (χ1n) is 18.3. The average molecular weight is 812 g/mol. The van der Waals surface area contributed by atoms with E-state index in [4.69, 9.17) is 30.8 Å². The number of anilines is 2. The van der Waals surface area contributed by atoms with Crippen LogP contribution in [0, 0.1) is 0 Å². The molecular weight excluding hydrogens is 762 g/mol. The molecule has 0 aliphatic heterocycles. The molecule has 302 valence electrons. The van der Waals surface area contributed by atoms with Gasteiger partial charge in [0.1, 0.15) is 21.7 Å². The first kappa shape index (κ1) is 42.2. The minimum atomic E-state index is -4.00. The molecule has 0 saturated heterocycles. The topological polar surface area (TPSA) is 175 Å². The van der Waals surface area contributed by atoms with Crippen molar-refractivity contribution in [2.24, 2.45) is 7.05 Å². The Morgan fingerprint density at radius 2 is 1.36 bits per heavy atom. The van der Waals surface area contributed by atoms with Crippen LogP contribution in [0.5, 0.6) is 0 Å². The summed E-state index contributed by atoms with van der Waals surface area (Å²) in [6.45, 7) is 15.7. The number of nitrogens with zero attached hydrogens (tertiary/aromatic N) is 6. The van der Waals surface area contributed by atoms with Crippen LogP contribution >= 0.6 is 11.6 Å². The highest BCUT2D eigenvalue weighted by Gasteiger charge is 2.41. The summed E-state index contributed by atoms with van der Waals surface area (Å²) >= 11 is 6.14. The molecule has 1 N–H and O–H groups in total. The summed E-state index contributed by atoms with van der Waals surface area (Å²) in [6, 6.07) is 12.2. The van der Waals surface area contributed by atoms with Crippen molar-refractivity contribution in [2.75, 3.05) is 9.62 Å². The third-order valence-electron chi connectivity index (χ3n) is 8.49. The fourth-order valence-electron chi connectivity index (χ4n) is 6.22. The quantitative estimate of drug-likeness (QED) is 0.177. The fourth-order valence-corrected chi connectivity index (χ4v) is 7.72. The van der Waals surface area contributed by atoms with E-state index < -0.39 is 57.2 Å². The highest BCUT2D eigenvalue weighted by Crippen LogP contribution is 2.33. The van der Waals surface area contributed by atoms with Crippen LogP contribution in [-0.2, 0) is 31.3 Å². The highest BCUT2D eigenvalue weighted by atomic mass is 35.5. The van der Waals surface area contributed by atoms with Crippen LogP contribution in [0.25, 0.3) is 22.2 Å². The number of aryl methyl sites for hydroxylation is 1. The molecule has 56 heavy (non-hydrogen) atoms. The zero-order valence-electron chi connectivity index (χ0n) is 33.4. The number of benzene rings is 2. The van der Waals surface area contributed by atoms with Crippen LogP contribution in [0.2, 0.25) is 5.02 Å². The van der Waals surface area contributed by atoms with Crippen LogP contribution in [0.4, 0.5) is 26.1 Å². The molecule has 4 aromatic rings. The van der Waals surface area contributed by atoms with Crippen molar-refractivity contribution in [1.29, 1.82) is 0 Å². The second-order valence-electron chi connectivity index (χ2n) is 16.7. The Morgan fingerprint density at radius 3 is 1.93 bits per heavy atom. The average Bonchev–Trinajstić information content (AvgIpc) is 3.41. The third kappa shape index (κ3) is 10.5. The molecule has 0 bridgehead atoms. The molecule has 0 unspecified atom stereocenters. The molecule has 1 saturated carbocycles. The van der Waals surface area contributed by atoms with Crippen molar-refractivity contribution < 1.29 is 37.0 Å². The van der Waals surface area contributed by atoms with Crippen LogP contribution in [0.1, 0.15) is 88.0 Å². The molecule has 0 radical (unpaired) electrons. The fraction of sp³-hybridized carbons (Fsp3) is 0.487. The predicted octanol–water partition coefficient (Wildman–Crippen LogP) is 8.71. The summed E-state index contributed by atoms with van der Waals surface area (Å²) in [4.78, 5) is 52.3. The lowest BCUT2D eigenvalue weighted by molar-refractivity contribution is -0.0115. The molecule has 2 aromatic carbocycles. The minimum Gasteiger partial charge on any atom is -0.443 e. The maximum absolute atomic E-state index is 13.8. The monoisotopic (exact) mass is 811 g/mol. The van der Waals surface area contributed by atoms with Gasteiger partial charge in [0.05, 0.1) is 16.2 Å². The molecule has 0 atom stereocenters. The lowest BCUT2D eigenvalue weighted by atomic mass is 9.89. The lowest BCUT2D eigenvalue weighted by Crippen LogP contribution is -2.52. The van der Waals surface area contributed by atoms with Crippen molar-refractivity contribution in [3.05, 3.63) is 59.8 Å². The zero-order valence-corrected chi connectivity index (χ0v) is 35.0. The van der Waals surface area contributed by atoms with Gasteiger partial charge in [0.2, 0.25) is 5.95 Å². The number of nitrogens with one attached hydrogen (secondary N) is 1. The molecule has 15 nitrogen and oxygen atoms in total. The number of halogens is 1. The lowest BCUT2D eigenvalue weighted by Gasteiger charge is -2.39. The molecule has 17 heteroatoms. The van der Waals surface area contributed by atoms with E-state index in [-0.39, 0.29) is 21.7 Å². The van der Waals surface area contributed by atoms with E-state index in [1.165, 1.54) is 17.0 Å². The van der Waals surface area contributed by atoms with Crippen molar-refractivity contribution >= 4 is 62.6 Å². The van der Waals surface area contributed by atoms with Crippen LogP contribution in [0.15, 0.2) is 59.6 Å². The molecule has 3 amide bonds. The van der Waals surface area contributed by atoms with Crippen LogP contribution < -0.4 is 9.62 Å². The van der Waals surface area contributed by atoms with Gasteiger partial charge in [0.15, 0.2) is 5.82 Å². The number of ether oxygens (including phenoxy) is 3. The Hall–Kier alpha value is -4.96. The van der Waals surface area contributed by atoms with E-state index >= 15 is 0 Å². The molecule has 2 heterocycles. The van der Waals surface area contributed by atoms with Gasteiger partial charge in [0, 0.05) is 42.3 Å². The Balaban J connectivity index is 1.40. The van der Waals surface area contributed by atoms with E-state index in [0.29, 0.717) is 47.8 Å². The number of fused-ring (bicyclic) bond motifs is 1. The number of hydrogen-bond donors (Lipinski definition) is 1. The molecule has 5 rings (SSSR count). The molecular formula is C39H50ClN7O8S. The van der Waals surface area contributed by atoms with Gasteiger partial charge in [0.25, 0.3) is 10.0 Å². The number of imide groups is 1. The maximum atomic E-state index is 13.8. The second-order valence-corrected chi connectivity index (χ2v) is 18.7. The number of aromatic nitrogens is 4. The smallest absolute Gasteiger partial charge is 0.420 e. The van der Waals surface area contributed by atoms with Gasteiger partial charge >= 0.3 is 18.3 Å². The van der Waals surface area contributed by atoms with Crippen molar-refractivity contribution in [2.45, 2.75) is 122 Å². The predicted molar refractivity (Wildman–Crippen MR) is 213 cm³/mol. The largest absolute Gasteiger partial charge is 0.443 e. The van der Waals surface area contributed by atoms with Gasteiger partial charge in [-0.3, -0.25) is 9.40 Å². The van der Waals surface area contributed by atoms with Crippen LogP contribution in [0.3, 0.4) is 0 Å². The number of carbonyl (C=O) groups is 3. The molecule has 1 fully saturated rings. The summed E-state index contributed by atoms with van der Waals surface area (Å²) in [5, 5.41) is 5.10. The maximum Gasteiger partial charge on any atom is 0.420 e. The summed E-state index contributed by atoms with van der Waals surface area (Å²) < 4.78 is 47.1. The normalized spacial score (nSPS) is 16.6. The molecule has 1 aliphatic rings. The van der Waals surface area contributed by atoms with Gasteiger partial charge in [-0.25, -0.2) is 42.6 Å². The molecule has 0 spiro atoms. The SMILES string of the molecule is Cn1nc(NS(=O)(=O)c2ccccc2Cl)cc1-c1ccc2nc(N(C(=O)OC(C)(C)C)C3CCC(N(C(=O)OC(C)(C)C)C(=O)OC(C)(C)C)CC3)ncc2c1. The van der Waals surface area contributed by atoms with Gasteiger partial charge in [-0.15, -0.1) is 0 Å². The standard InChI is InChI=1S/C39H50ClN7O8S/c1-37(2,3)53-34(48)46(26-16-18-27(19-17-26)47(35(49)54-38(4,5)6)36(50)55-39(7,8)9)33-41-23-25-21-24(15-20-29(25)42-33)30-22-32(43-45(30)10)44-56(51,52)31-14-12-11-13-28(31)40/h11-15,20-23,26-27H,16-19H2,1-10H3,(H,43,44). The first-order chi connectivity index (χ1) is 25.9. The molecule has 1 aliphatic carbocycles. The number of carbonyl (C=O) groups excluding carboxylic acids is 3. The summed E-state index contributed by atoms with van der Waals surface area (Å²) in [5.41, 5.74) is -0.611. The first-order valence-corrected chi connectivity index (χ1v) is 20.1. The number of hydrogen-bond acceptors (Lipinski definition) is 11. The molecule has 2 aromatic heterocycles. The summed E-state index contributed by atoms with van der Waals surface area (Å²) in [7, 11) is -2.30. The van der Waals surface area contributed by atoms with Crippen molar-refractivity contribution in [3.8, 4) is 11.3 Å². The Bertz CT molecular complexity index is 2190. The number of amides is 3. The van der Waals surface area contributed by atoms with Crippen molar-refractivity contribution in [1.82, 2.24) is 24.6 Å². The van der Waals surface area contributed by atoms with Gasteiger partial charge in [-0.05, 0) is 112 Å². The Morgan fingerprint density at radius 1 is 0.804 bits per heavy atom. The summed E-state index contributed by atoms with van der Waals surface area (Å²) in [5.74, 6) is 0.244. The van der Waals surface area contributed by atoms with Gasteiger partial charge in [-0.1, -0.05) is 29.8 Å². The highest BCUT2D eigenvalue weighted by molar-refractivity contribution is 7.92. The number of sulfonamides is 1. The van der Waals surface area contributed by atoms with E-state index in [1.54, 1.807) is 105 Å². The van der Waals surface area contributed by atoms with E-state index in [2.05, 4.69) is 14.8 Å². The Kier molecular flexibility index (Phi) is 12.0. The van der Waals surface area contributed by atoms with E-state index in [1.807, 2.05) is 12.1 Å². The minimum absolute atomic E-state index is 0.0652. The summed E-state index contributed by atoms with van der Waals surface area (Å²) in [6.07, 6.45) is 0.907. The zero-order chi connectivity index (χ0) is 41.4. The number of rotatable bonds is 7.